The second-order valence-corrected chi connectivity index (χ2v) is 7.06. The van der Waals surface area contributed by atoms with Crippen molar-refractivity contribution in [3.05, 3.63) is 102 Å². The predicted molar refractivity (Wildman–Crippen MR) is 125 cm³/mol. The number of non-ortho nitro benzene ring substituents is 2. The molecule has 0 saturated heterocycles. The summed E-state index contributed by atoms with van der Waals surface area (Å²) in [4.78, 5) is 20.4. The number of halogens is 2. The van der Waals surface area contributed by atoms with Gasteiger partial charge in [0.05, 0.1) is 43.7 Å². The Hall–Kier alpha value is -4.02. The molecule has 0 bridgehead atoms. The summed E-state index contributed by atoms with van der Waals surface area (Å²) in [5, 5.41) is 30.2. The number of nitro benzene ring substituents is 2. The van der Waals surface area contributed by atoms with Crippen molar-refractivity contribution >= 4 is 58.4 Å². The molecule has 3 rings (SSSR count). The highest BCUT2D eigenvalue weighted by Crippen LogP contribution is 2.24. The van der Waals surface area contributed by atoms with Crippen LogP contribution in [0.1, 0.15) is 11.1 Å². The summed E-state index contributed by atoms with van der Waals surface area (Å²) < 4.78 is 0. The molecule has 3 aromatic carbocycles. The molecule has 0 fully saturated rings. The normalized spacial score (nSPS) is 11.1. The van der Waals surface area contributed by atoms with Gasteiger partial charge in [-0.3, -0.25) is 31.1 Å². The lowest BCUT2D eigenvalue weighted by Crippen LogP contribution is -1.95. The van der Waals surface area contributed by atoms with Crippen molar-refractivity contribution in [2.45, 2.75) is 0 Å². The third-order valence-electron chi connectivity index (χ3n) is 4.07. The highest BCUT2D eigenvalue weighted by Gasteiger charge is 2.06. The zero-order chi connectivity index (χ0) is 23.1. The van der Waals surface area contributed by atoms with Crippen LogP contribution in [-0.4, -0.2) is 22.3 Å². The van der Waals surface area contributed by atoms with Gasteiger partial charge in [-0.2, -0.15) is 10.2 Å². The quantitative estimate of drug-likeness (QED) is 0.245. The smallest absolute Gasteiger partial charge is 0.269 e. The zero-order valence-corrected chi connectivity index (χ0v) is 17.6. The third-order valence-corrected chi connectivity index (χ3v) is 4.72. The minimum Gasteiger partial charge on any atom is -0.278 e. The maximum Gasteiger partial charge on any atom is 0.269 e. The van der Waals surface area contributed by atoms with Gasteiger partial charge in [-0.05, 0) is 36.4 Å². The summed E-state index contributed by atoms with van der Waals surface area (Å²) >= 11 is 12.6. The molecular weight excluding hydrogens is 459 g/mol. The Morgan fingerprint density at radius 2 is 1.03 bits per heavy atom. The molecule has 0 atom stereocenters. The fraction of sp³-hybridized carbons (Fsp3) is 0. The monoisotopic (exact) mass is 472 g/mol. The fourth-order valence-electron chi connectivity index (χ4n) is 2.44. The Morgan fingerprint density at radius 3 is 1.34 bits per heavy atom. The summed E-state index contributed by atoms with van der Waals surface area (Å²) in [6, 6.07) is 14.8. The van der Waals surface area contributed by atoms with Gasteiger partial charge >= 0.3 is 0 Å². The van der Waals surface area contributed by atoms with Gasteiger partial charge in [-0.15, -0.1) is 0 Å². The number of nitrogens with one attached hydrogen (secondary N) is 2. The van der Waals surface area contributed by atoms with Crippen molar-refractivity contribution in [1.82, 2.24) is 0 Å². The Bertz CT molecular complexity index is 1100. The number of rotatable bonds is 8. The first-order chi connectivity index (χ1) is 15.3. The molecule has 0 aromatic heterocycles. The van der Waals surface area contributed by atoms with Crippen molar-refractivity contribution in [3.8, 4) is 0 Å². The van der Waals surface area contributed by atoms with E-state index in [0.717, 1.165) is 0 Å². The molecule has 0 spiro atoms. The molecule has 2 N–H and O–H groups in total. The molecule has 32 heavy (non-hydrogen) atoms. The number of benzene rings is 3. The summed E-state index contributed by atoms with van der Waals surface area (Å²) in [6.45, 7) is 0. The van der Waals surface area contributed by atoms with Crippen LogP contribution < -0.4 is 10.9 Å². The van der Waals surface area contributed by atoms with Gasteiger partial charge in [0.1, 0.15) is 0 Å². The van der Waals surface area contributed by atoms with Crippen molar-refractivity contribution in [2.24, 2.45) is 10.2 Å². The summed E-state index contributed by atoms with van der Waals surface area (Å²) in [7, 11) is 0. The molecule has 0 amide bonds. The predicted octanol–water partition coefficient (Wildman–Crippen LogP) is 5.70. The largest absolute Gasteiger partial charge is 0.278 e. The van der Waals surface area contributed by atoms with Crippen LogP contribution in [0.4, 0.5) is 22.7 Å². The fourth-order valence-corrected chi connectivity index (χ4v) is 2.89. The van der Waals surface area contributed by atoms with Gasteiger partial charge in [-0.25, -0.2) is 0 Å². The van der Waals surface area contributed by atoms with Gasteiger partial charge in [0.2, 0.25) is 0 Å². The number of anilines is 2. The summed E-state index contributed by atoms with van der Waals surface area (Å²) in [5.41, 5.74) is 7.69. The average molecular weight is 473 g/mol. The summed E-state index contributed by atoms with van der Waals surface area (Å²) in [6.07, 6.45) is 2.93. The molecule has 0 saturated carbocycles. The van der Waals surface area contributed by atoms with Crippen molar-refractivity contribution in [1.29, 1.82) is 0 Å². The Kier molecular flexibility index (Phi) is 7.32. The van der Waals surface area contributed by atoms with E-state index in [1.165, 1.54) is 61.0 Å². The van der Waals surface area contributed by atoms with Crippen molar-refractivity contribution in [2.75, 3.05) is 10.9 Å². The SMILES string of the molecule is O=[N+]([O-])c1ccc(NN=Cc2cc(Cl)c(C=NNc3ccc([N+](=O)[O-])cc3)cc2Cl)cc1. The van der Waals surface area contributed by atoms with E-state index in [9.17, 15) is 20.2 Å². The van der Waals surface area contributed by atoms with Gasteiger partial charge in [0.15, 0.2) is 0 Å². The number of hydrogen-bond donors (Lipinski definition) is 2. The first-order valence-corrected chi connectivity index (χ1v) is 9.65. The van der Waals surface area contributed by atoms with Crippen LogP contribution >= 0.6 is 23.2 Å². The Morgan fingerprint density at radius 1 is 0.688 bits per heavy atom. The van der Waals surface area contributed by atoms with Crippen LogP contribution in [-0.2, 0) is 0 Å². The van der Waals surface area contributed by atoms with E-state index in [0.29, 0.717) is 32.5 Å². The standard InChI is InChI=1S/C20H14Cl2N6O4/c21-19-10-14(12-24-26-16-3-7-18(8-4-16)28(31)32)20(22)9-13(19)11-23-25-15-1-5-17(6-2-15)27(29)30/h1-12,25-26H. The van der Waals surface area contributed by atoms with E-state index in [1.54, 1.807) is 12.1 Å². The Balaban J connectivity index is 1.63. The minimum absolute atomic E-state index is 0.0188. The average Bonchev–Trinajstić information content (AvgIpc) is 2.77. The Labute approximate surface area is 191 Å². The van der Waals surface area contributed by atoms with Gasteiger partial charge in [-0.1, -0.05) is 23.2 Å². The van der Waals surface area contributed by atoms with E-state index in [1.807, 2.05) is 0 Å². The maximum absolute atomic E-state index is 10.7. The lowest BCUT2D eigenvalue weighted by molar-refractivity contribution is -0.385. The van der Waals surface area contributed by atoms with Crippen LogP contribution in [0.2, 0.25) is 10.0 Å². The topological polar surface area (TPSA) is 135 Å². The van der Waals surface area contributed by atoms with Crippen molar-refractivity contribution in [3.63, 3.8) is 0 Å². The molecule has 12 heteroatoms. The number of hydrazone groups is 2. The highest BCUT2D eigenvalue weighted by molar-refractivity contribution is 6.36. The lowest BCUT2D eigenvalue weighted by atomic mass is 10.1. The van der Waals surface area contributed by atoms with Crippen LogP contribution in [0.5, 0.6) is 0 Å². The molecule has 0 aliphatic carbocycles. The molecule has 0 unspecified atom stereocenters. The number of hydrogen-bond acceptors (Lipinski definition) is 8. The van der Waals surface area contributed by atoms with E-state index >= 15 is 0 Å². The lowest BCUT2D eigenvalue weighted by Gasteiger charge is -2.05. The number of nitrogens with zero attached hydrogens (tertiary/aromatic N) is 4. The van der Waals surface area contributed by atoms with Crippen LogP contribution in [0, 0.1) is 20.2 Å². The third kappa shape index (κ3) is 6.00. The summed E-state index contributed by atoms with van der Waals surface area (Å²) in [5.74, 6) is 0. The molecule has 162 valence electrons. The highest BCUT2D eigenvalue weighted by atomic mass is 35.5. The second-order valence-electron chi connectivity index (χ2n) is 6.24. The molecule has 0 radical (unpaired) electrons. The minimum atomic E-state index is -0.485. The first kappa shape index (κ1) is 22.7. The van der Waals surface area contributed by atoms with Gasteiger partial charge in [0.25, 0.3) is 11.4 Å². The van der Waals surface area contributed by atoms with Crippen LogP contribution in [0.25, 0.3) is 0 Å². The first-order valence-electron chi connectivity index (χ1n) is 8.89. The van der Waals surface area contributed by atoms with E-state index in [2.05, 4.69) is 21.1 Å². The number of nitro groups is 2. The van der Waals surface area contributed by atoms with Crippen LogP contribution in [0.3, 0.4) is 0 Å². The zero-order valence-electron chi connectivity index (χ0n) is 16.1. The van der Waals surface area contributed by atoms with E-state index < -0.39 is 9.85 Å². The molecular formula is C20H14Cl2N6O4. The molecule has 3 aromatic rings. The second kappa shape index (κ2) is 10.3. The van der Waals surface area contributed by atoms with Gasteiger partial charge < -0.3 is 0 Å². The van der Waals surface area contributed by atoms with Crippen LogP contribution in [0.15, 0.2) is 70.9 Å². The van der Waals surface area contributed by atoms with E-state index in [4.69, 9.17) is 23.2 Å². The molecule has 10 nitrogen and oxygen atoms in total. The van der Waals surface area contributed by atoms with Gasteiger partial charge in [0, 0.05) is 35.4 Å². The molecule has 0 heterocycles. The maximum atomic E-state index is 10.7. The van der Waals surface area contributed by atoms with E-state index in [-0.39, 0.29) is 11.4 Å². The molecule has 0 aliphatic rings. The van der Waals surface area contributed by atoms with Crippen molar-refractivity contribution < 1.29 is 9.85 Å². The molecule has 0 aliphatic heterocycles.